The van der Waals surface area contributed by atoms with Crippen LogP contribution in [0.5, 0.6) is 0 Å². The summed E-state index contributed by atoms with van der Waals surface area (Å²) >= 11 is 0. The fraction of sp³-hybridized carbons (Fsp3) is 0.538. The van der Waals surface area contributed by atoms with E-state index < -0.39 is 10.0 Å². The topological polar surface area (TPSA) is 61.4 Å². The van der Waals surface area contributed by atoms with E-state index in [9.17, 15) is 8.42 Å². The average Bonchev–Trinajstić information content (AvgIpc) is 2.30. The molecule has 6 heteroatoms. The highest BCUT2D eigenvalue weighted by Gasteiger charge is 2.16. The Morgan fingerprint density at radius 2 is 1.84 bits per heavy atom. The molecule has 1 aliphatic heterocycles. The Bertz CT molecular complexity index is 513. The smallest absolute Gasteiger partial charge is 0.229 e. The van der Waals surface area contributed by atoms with Crippen LogP contribution in [-0.2, 0) is 10.0 Å². The highest BCUT2D eigenvalue weighted by molar-refractivity contribution is 7.92. The van der Waals surface area contributed by atoms with Crippen molar-refractivity contribution in [1.29, 1.82) is 0 Å². The second-order valence-electron chi connectivity index (χ2n) is 5.20. The van der Waals surface area contributed by atoms with E-state index in [0.29, 0.717) is 11.7 Å². The highest BCUT2D eigenvalue weighted by atomic mass is 32.2. The zero-order valence-electron chi connectivity index (χ0n) is 11.4. The molecule has 1 heterocycles. The Morgan fingerprint density at radius 3 is 2.42 bits per heavy atom. The molecular formula is C13H21N3O2S. The molecule has 5 nitrogen and oxygen atoms in total. The van der Waals surface area contributed by atoms with Gasteiger partial charge in [-0.1, -0.05) is 0 Å². The quantitative estimate of drug-likeness (QED) is 0.880. The number of sulfonamides is 1. The summed E-state index contributed by atoms with van der Waals surface area (Å²) in [7, 11) is -1.07. The average molecular weight is 283 g/mol. The van der Waals surface area contributed by atoms with Crippen LogP contribution in [0.1, 0.15) is 12.8 Å². The summed E-state index contributed by atoms with van der Waals surface area (Å²) in [5, 5.41) is 3.48. The second-order valence-corrected chi connectivity index (χ2v) is 6.95. The molecular weight excluding hydrogens is 262 g/mol. The number of nitrogens with one attached hydrogen (secondary N) is 2. The van der Waals surface area contributed by atoms with E-state index in [0.717, 1.165) is 25.0 Å². The lowest BCUT2D eigenvalue weighted by molar-refractivity contribution is 0.261. The summed E-state index contributed by atoms with van der Waals surface area (Å²) in [5.41, 5.74) is 1.62. The van der Waals surface area contributed by atoms with Crippen LogP contribution in [0.25, 0.3) is 0 Å². The third kappa shape index (κ3) is 4.72. The molecule has 0 radical (unpaired) electrons. The molecule has 1 aliphatic rings. The van der Waals surface area contributed by atoms with Crippen LogP contribution in [0.15, 0.2) is 24.3 Å². The van der Waals surface area contributed by atoms with Crippen LogP contribution in [0, 0.1) is 0 Å². The lowest BCUT2D eigenvalue weighted by Crippen LogP contribution is -2.39. The van der Waals surface area contributed by atoms with Crippen LogP contribution < -0.4 is 10.0 Å². The maximum Gasteiger partial charge on any atom is 0.229 e. The first-order valence-corrected chi connectivity index (χ1v) is 8.34. The molecule has 1 atom stereocenters. The molecule has 2 N–H and O–H groups in total. The van der Waals surface area contributed by atoms with Crippen LogP contribution in [0.3, 0.4) is 0 Å². The minimum atomic E-state index is -3.20. The van der Waals surface area contributed by atoms with E-state index in [1.165, 1.54) is 12.8 Å². The molecule has 106 valence electrons. The number of likely N-dealkylation sites (N-methyl/N-ethyl adjacent to an activating group) is 1. The van der Waals surface area contributed by atoms with E-state index in [1.54, 1.807) is 12.1 Å². The van der Waals surface area contributed by atoms with Crippen molar-refractivity contribution in [3.8, 4) is 0 Å². The monoisotopic (exact) mass is 283 g/mol. The van der Waals surface area contributed by atoms with Crippen molar-refractivity contribution < 1.29 is 8.42 Å². The van der Waals surface area contributed by atoms with Gasteiger partial charge in [0.15, 0.2) is 0 Å². The van der Waals surface area contributed by atoms with Gasteiger partial charge in [0, 0.05) is 24.0 Å². The number of hydrogen-bond donors (Lipinski definition) is 2. The van der Waals surface area contributed by atoms with Gasteiger partial charge in [-0.3, -0.25) is 4.72 Å². The Balaban J connectivity index is 1.95. The van der Waals surface area contributed by atoms with Gasteiger partial charge in [-0.2, -0.15) is 0 Å². The van der Waals surface area contributed by atoms with Gasteiger partial charge in [-0.25, -0.2) is 8.42 Å². The SMILES string of the molecule is CN1CCCC(Nc2ccc(NS(C)(=O)=O)cc2)C1. The molecule has 0 saturated carbocycles. The maximum atomic E-state index is 11.1. The van der Waals surface area contributed by atoms with Crippen molar-refractivity contribution in [2.45, 2.75) is 18.9 Å². The second kappa shape index (κ2) is 5.79. The van der Waals surface area contributed by atoms with Crippen molar-refractivity contribution in [2.75, 3.05) is 36.4 Å². The molecule has 0 amide bonds. The molecule has 2 rings (SSSR count). The van der Waals surface area contributed by atoms with Gasteiger partial charge in [0.1, 0.15) is 0 Å². The minimum Gasteiger partial charge on any atom is -0.381 e. The van der Waals surface area contributed by atoms with Crippen LogP contribution in [-0.4, -0.2) is 45.8 Å². The number of nitrogens with zero attached hydrogens (tertiary/aromatic N) is 1. The zero-order chi connectivity index (χ0) is 13.9. The van der Waals surface area contributed by atoms with Gasteiger partial charge < -0.3 is 10.2 Å². The Labute approximate surface area is 115 Å². The number of hydrogen-bond acceptors (Lipinski definition) is 4. The fourth-order valence-corrected chi connectivity index (χ4v) is 2.93. The molecule has 1 fully saturated rings. The normalized spacial score (nSPS) is 21.1. The van der Waals surface area contributed by atoms with Crippen LogP contribution in [0.4, 0.5) is 11.4 Å². The third-order valence-electron chi connectivity index (χ3n) is 3.18. The molecule has 0 bridgehead atoms. The van der Waals surface area contributed by atoms with Crippen LogP contribution >= 0.6 is 0 Å². The summed E-state index contributed by atoms with van der Waals surface area (Å²) in [6.07, 6.45) is 3.53. The number of likely N-dealkylation sites (tertiary alicyclic amines) is 1. The Kier molecular flexibility index (Phi) is 4.31. The first-order chi connectivity index (χ1) is 8.92. The first-order valence-electron chi connectivity index (χ1n) is 6.45. The fourth-order valence-electron chi connectivity index (χ4n) is 2.37. The zero-order valence-corrected chi connectivity index (χ0v) is 12.2. The predicted octanol–water partition coefficient (Wildman–Crippen LogP) is 1.56. The molecule has 0 aromatic heterocycles. The van der Waals surface area contributed by atoms with E-state index >= 15 is 0 Å². The van der Waals surface area contributed by atoms with E-state index in [-0.39, 0.29) is 0 Å². The van der Waals surface area contributed by atoms with Crippen molar-refractivity contribution in [3.05, 3.63) is 24.3 Å². The van der Waals surface area contributed by atoms with Gasteiger partial charge in [-0.05, 0) is 50.7 Å². The van der Waals surface area contributed by atoms with Crippen molar-refractivity contribution in [3.63, 3.8) is 0 Å². The summed E-state index contributed by atoms with van der Waals surface area (Å²) in [5.74, 6) is 0. The van der Waals surface area contributed by atoms with Crippen molar-refractivity contribution in [1.82, 2.24) is 4.90 Å². The van der Waals surface area contributed by atoms with Gasteiger partial charge in [-0.15, -0.1) is 0 Å². The standard InChI is InChI=1S/C13H21N3O2S/c1-16-9-3-4-13(10-16)14-11-5-7-12(8-6-11)15-19(2,17)18/h5-8,13-15H,3-4,9-10H2,1-2H3. The largest absolute Gasteiger partial charge is 0.381 e. The van der Waals surface area contributed by atoms with Gasteiger partial charge in [0.25, 0.3) is 0 Å². The molecule has 1 unspecified atom stereocenters. The molecule has 1 aromatic carbocycles. The predicted molar refractivity (Wildman–Crippen MR) is 79.1 cm³/mol. The molecule has 0 spiro atoms. The summed E-state index contributed by atoms with van der Waals surface area (Å²) in [6.45, 7) is 2.21. The van der Waals surface area contributed by atoms with Crippen LogP contribution in [0.2, 0.25) is 0 Å². The molecule has 19 heavy (non-hydrogen) atoms. The Morgan fingerprint density at radius 1 is 1.21 bits per heavy atom. The summed E-state index contributed by atoms with van der Waals surface area (Å²) in [6, 6.07) is 7.82. The summed E-state index contributed by atoms with van der Waals surface area (Å²) < 4.78 is 24.7. The Hall–Kier alpha value is -1.27. The van der Waals surface area contributed by atoms with E-state index in [2.05, 4.69) is 22.0 Å². The van der Waals surface area contributed by atoms with E-state index in [1.807, 2.05) is 12.1 Å². The van der Waals surface area contributed by atoms with Gasteiger partial charge in [0.05, 0.1) is 6.26 Å². The number of piperidine rings is 1. The van der Waals surface area contributed by atoms with Gasteiger partial charge in [0.2, 0.25) is 10.0 Å². The van der Waals surface area contributed by atoms with Crippen molar-refractivity contribution >= 4 is 21.4 Å². The molecule has 0 aliphatic carbocycles. The summed E-state index contributed by atoms with van der Waals surface area (Å²) in [4.78, 5) is 2.32. The number of rotatable bonds is 4. The van der Waals surface area contributed by atoms with Gasteiger partial charge >= 0.3 is 0 Å². The third-order valence-corrected chi connectivity index (χ3v) is 3.79. The van der Waals surface area contributed by atoms with Crippen molar-refractivity contribution in [2.24, 2.45) is 0 Å². The van der Waals surface area contributed by atoms with E-state index in [4.69, 9.17) is 0 Å². The lowest BCUT2D eigenvalue weighted by atomic mass is 10.1. The molecule has 1 saturated heterocycles. The number of benzene rings is 1. The number of anilines is 2. The lowest BCUT2D eigenvalue weighted by Gasteiger charge is -2.30. The first kappa shape index (κ1) is 14.1. The minimum absolute atomic E-state index is 0.465. The maximum absolute atomic E-state index is 11.1. The molecule has 1 aromatic rings. The highest BCUT2D eigenvalue weighted by Crippen LogP contribution is 2.18.